The number of carbonyl (C=O) groups excluding carboxylic acids is 1. The Labute approximate surface area is 73.7 Å². The Kier molecular flexibility index (Phi) is 2.92. The van der Waals surface area contributed by atoms with Gasteiger partial charge in [-0.25, -0.2) is 4.79 Å². The van der Waals surface area contributed by atoms with Crippen molar-refractivity contribution >= 4 is 6.03 Å². The maximum Gasteiger partial charge on any atom is 0.319 e. The third-order valence-corrected chi connectivity index (χ3v) is 2.16. The minimum absolute atomic E-state index is 0.128. The molecule has 0 atom stereocenters. The van der Waals surface area contributed by atoms with Gasteiger partial charge in [0, 0.05) is 40.3 Å². The highest BCUT2D eigenvalue weighted by Gasteiger charge is 2.19. The number of nitrogens with zero attached hydrogens (tertiary/aromatic N) is 3. The first kappa shape index (κ1) is 9.32. The van der Waals surface area contributed by atoms with Gasteiger partial charge in [-0.1, -0.05) is 0 Å². The number of rotatable bonds is 0. The van der Waals surface area contributed by atoms with E-state index < -0.39 is 0 Å². The standard InChI is InChI=1S/C8H17N3O/c1-9(2)8(12)11-6-4-10(3)5-7-11/h4-7H2,1-3H3. The molecule has 2 amide bonds. The third-order valence-electron chi connectivity index (χ3n) is 2.16. The van der Waals surface area contributed by atoms with E-state index in [1.54, 1.807) is 19.0 Å². The summed E-state index contributed by atoms with van der Waals surface area (Å²) in [4.78, 5) is 17.2. The topological polar surface area (TPSA) is 26.8 Å². The average Bonchev–Trinajstić information content (AvgIpc) is 2.04. The number of hydrogen-bond acceptors (Lipinski definition) is 2. The van der Waals surface area contributed by atoms with Crippen LogP contribution in [0.5, 0.6) is 0 Å². The van der Waals surface area contributed by atoms with E-state index in [4.69, 9.17) is 0 Å². The fourth-order valence-corrected chi connectivity index (χ4v) is 1.28. The molecule has 0 saturated carbocycles. The summed E-state index contributed by atoms with van der Waals surface area (Å²) in [6.45, 7) is 3.68. The summed E-state index contributed by atoms with van der Waals surface area (Å²) in [5, 5.41) is 0. The zero-order chi connectivity index (χ0) is 9.14. The molecule has 4 heteroatoms. The molecule has 0 aliphatic carbocycles. The van der Waals surface area contributed by atoms with Crippen molar-refractivity contribution < 1.29 is 4.79 Å². The molecule has 70 valence electrons. The van der Waals surface area contributed by atoms with Crippen molar-refractivity contribution in [1.82, 2.24) is 14.7 Å². The Morgan fingerprint density at radius 2 is 1.67 bits per heavy atom. The lowest BCUT2D eigenvalue weighted by Crippen LogP contribution is -2.50. The first-order chi connectivity index (χ1) is 5.61. The zero-order valence-corrected chi connectivity index (χ0v) is 8.08. The Hall–Kier alpha value is -0.770. The predicted octanol–water partition coefficient (Wildman–Crippen LogP) is -0.0846. The highest BCUT2D eigenvalue weighted by atomic mass is 16.2. The van der Waals surface area contributed by atoms with E-state index in [0.29, 0.717) is 0 Å². The lowest BCUT2D eigenvalue weighted by molar-refractivity contribution is 0.135. The van der Waals surface area contributed by atoms with Crippen LogP contribution in [0.1, 0.15) is 0 Å². The van der Waals surface area contributed by atoms with Gasteiger partial charge in [0.25, 0.3) is 0 Å². The normalized spacial score (nSPS) is 19.4. The van der Waals surface area contributed by atoms with Gasteiger partial charge in [-0.15, -0.1) is 0 Å². The summed E-state index contributed by atoms with van der Waals surface area (Å²) in [6, 6.07) is 0.128. The van der Waals surface area contributed by atoms with E-state index in [1.807, 2.05) is 4.90 Å². The molecule has 1 saturated heterocycles. The van der Waals surface area contributed by atoms with Gasteiger partial charge in [0.15, 0.2) is 0 Å². The summed E-state index contributed by atoms with van der Waals surface area (Å²) >= 11 is 0. The largest absolute Gasteiger partial charge is 0.331 e. The molecule has 0 aromatic heterocycles. The van der Waals surface area contributed by atoms with Crippen molar-refractivity contribution in [2.45, 2.75) is 0 Å². The molecule has 0 aromatic carbocycles. The minimum Gasteiger partial charge on any atom is -0.331 e. The molecule has 0 bridgehead atoms. The van der Waals surface area contributed by atoms with Crippen LogP contribution in [0.4, 0.5) is 4.79 Å². The third kappa shape index (κ3) is 2.11. The van der Waals surface area contributed by atoms with Gasteiger partial charge < -0.3 is 14.7 Å². The van der Waals surface area contributed by atoms with Gasteiger partial charge in [0.05, 0.1) is 0 Å². The SMILES string of the molecule is CN1CCN(C(=O)N(C)C)CC1. The van der Waals surface area contributed by atoms with Crippen LogP contribution < -0.4 is 0 Å². The van der Waals surface area contributed by atoms with Crippen LogP contribution in [-0.4, -0.2) is 68.1 Å². The molecular weight excluding hydrogens is 154 g/mol. The van der Waals surface area contributed by atoms with Crippen LogP contribution >= 0.6 is 0 Å². The monoisotopic (exact) mass is 171 g/mol. The molecule has 4 nitrogen and oxygen atoms in total. The Bertz CT molecular complexity index is 162. The maximum atomic E-state index is 11.4. The molecular formula is C8H17N3O. The number of piperazine rings is 1. The molecule has 1 aliphatic heterocycles. The quantitative estimate of drug-likeness (QED) is 0.509. The molecule has 1 rings (SSSR count). The summed E-state index contributed by atoms with van der Waals surface area (Å²) in [5.41, 5.74) is 0. The zero-order valence-electron chi connectivity index (χ0n) is 8.08. The van der Waals surface area contributed by atoms with Crippen molar-refractivity contribution in [3.05, 3.63) is 0 Å². The van der Waals surface area contributed by atoms with Crippen molar-refractivity contribution in [1.29, 1.82) is 0 Å². The molecule has 1 heterocycles. The van der Waals surface area contributed by atoms with E-state index in [0.717, 1.165) is 26.2 Å². The lowest BCUT2D eigenvalue weighted by atomic mass is 10.3. The molecule has 1 fully saturated rings. The van der Waals surface area contributed by atoms with Gasteiger partial charge in [0.1, 0.15) is 0 Å². The second-order valence-corrected chi connectivity index (χ2v) is 3.47. The molecule has 0 aromatic rings. The lowest BCUT2D eigenvalue weighted by Gasteiger charge is -2.33. The smallest absolute Gasteiger partial charge is 0.319 e. The van der Waals surface area contributed by atoms with Crippen molar-refractivity contribution in [3.63, 3.8) is 0 Å². The van der Waals surface area contributed by atoms with Crippen molar-refractivity contribution in [2.75, 3.05) is 47.3 Å². The second kappa shape index (κ2) is 3.76. The van der Waals surface area contributed by atoms with E-state index >= 15 is 0 Å². The Balaban J connectivity index is 2.39. The summed E-state index contributed by atoms with van der Waals surface area (Å²) in [7, 11) is 5.67. The first-order valence-corrected chi connectivity index (χ1v) is 4.26. The molecule has 0 unspecified atom stereocenters. The number of carbonyl (C=O) groups is 1. The van der Waals surface area contributed by atoms with Gasteiger partial charge in [-0.05, 0) is 7.05 Å². The van der Waals surface area contributed by atoms with Gasteiger partial charge in [0.2, 0.25) is 0 Å². The number of likely N-dealkylation sites (N-methyl/N-ethyl adjacent to an activating group) is 1. The highest BCUT2D eigenvalue weighted by molar-refractivity contribution is 5.73. The Morgan fingerprint density at radius 1 is 1.17 bits per heavy atom. The van der Waals surface area contributed by atoms with Crippen LogP contribution in [0.15, 0.2) is 0 Å². The van der Waals surface area contributed by atoms with Crippen molar-refractivity contribution in [3.8, 4) is 0 Å². The summed E-state index contributed by atoms with van der Waals surface area (Å²) in [5.74, 6) is 0. The molecule has 0 N–H and O–H groups in total. The van der Waals surface area contributed by atoms with Crippen LogP contribution in [0, 0.1) is 0 Å². The number of hydrogen-bond donors (Lipinski definition) is 0. The van der Waals surface area contributed by atoms with Gasteiger partial charge in [-0.2, -0.15) is 0 Å². The van der Waals surface area contributed by atoms with E-state index in [9.17, 15) is 4.79 Å². The molecule has 0 radical (unpaired) electrons. The van der Waals surface area contributed by atoms with Crippen LogP contribution in [-0.2, 0) is 0 Å². The van der Waals surface area contributed by atoms with Crippen LogP contribution in [0.25, 0.3) is 0 Å². The van der Waals surface area contributed by atoms with E-state index in [-0.39, 0.29) is 6.03 Å². The van der Waals surface area contributed by atoms with Crippen LogP contribution in [0.3, 0.4) is 0 Å². The first-order valence-electron chi connectivity index (χ1n) is 4.26. The van der Waals surface area contributed by atoms with Crippen molar-refractivity contribution in [2.24, 2.45) is 0 Å². The van der Waals surface area contributed by atoms with Gasteiger partial charge in [-0.3, -0.25) is 0 Å². The molecule has 0 spiro atoms. The average molecular weight is 171 g/mol. The molecule has 12 heavy (non-hydrogen) atoms. The minimum atomic E-state index is 0.128. The van der Waals surface area contributed by atoms with E-state index in [1.165, 1.54) is 0 Å². The van der Waals surface area contributed by atoms with Crippen LogP contribution in [0.2, 0.25) is 0 Å². The number of amides is 2. The maximum absolute atomic E-state index is 11.4. The summed E-state index contributed by atoms with van der Waals surface area (Å²) in [6.07, 6.45) is 0. The fraction of sp³-hybridized carbons (Fsp3) is 0.875. The van der Waals surface area contributed by atoms with E-state index in [2.05, 4.69) is 11.9 Å². The highest BCUT2D eigenvalue weighted by Crippen LogP contribution is 2.01. The molecule has 1 aliphatic rings. The summed E-state index contributed by atoms with van der Waals surface area (Å²) < 4.78 is 0. The second-order valence-electron chi connectivity index (χ2n) is 3.47. The fourth-order valence-electron chi connectivity index (χ4n) is 1.28. The predicted molar refractivity (Wildman–Crippen MR) is 48.2 cm³/mol. The number of urea groups is 1. The Morgan fingerprint density at radius 3 is 2.08 bits per heavy atom. The van der Waals surface area contributed by atoms with Gasteiger partial charge >= 0.3 is 6.03 Å².